The van der Waals surface area contributed by atoms with E-state index in [1.54, 1.807) is 38.1 Å². The lowest BCUT2D eigenvalue weighted by Gasteiger charge is -2.22. The zero-order valence-electron chi connectivity index (χ0n) is 18.4. The third-order valence-electron chi connectivity index (χ3n) is 4.25. The number of halogens is 1. The molecule has 0 unspecified atom stereocenters. The summed E-state index contributed by atoms with van der Waals surface area (Å²) in [5.74, 6) is -1.56. The van der Waals surface area contributed by atoms with Gasteiger partial charge in [-0.05, 0) is 44.2 Å². The fourth-order valence-corrected chi connectivity index (χ4v) is 4.10. The van der Waals surface area contributed by atoms with Crippen LogP contribution in [0.2, 0.25) is 5.02 Å². The molecular formula is C21H24ClN3O7S. The maximum Gasteiger partial charge on any atom is 0.340 e. The standard InChI is InChI=1S/C21H24ClN3O7S/c1-13(2)23-21(28)24-19(26)12-32-20(27)15-11-14(9-10-16(15)22)33(29,30)25(3)17-7-5-6-8-18(17)31-4/h5-11,13H,12H2,1-4H3,(H2,23,24,26,28). The van der Waals surface area contributed by atoms with Crippen LogP contribution >= 0.6 is 11.6 Å². The van der Waals surface area contributed by atoms with Gasteiger partial charge in [0.25, 0.3) is 15.9 Å². The minimum atomic E-state index is -4.10. The number of rotatable bonds is 8. The largest absolute Gasteiger partial charge is 0.495 e. The number of nitrogens with one attached hydrogen (secondary N) is 2. The number of nitrogens with zero attached hydrogens (tertiary/aromatic N) is 1. The zero-order valence-corrected chi connectivity index (χ0v) is 20.0. The summed E-state index contributed by atoms with van der Waals surface area (Å²) >= 11 is 6.05. The minimum absolute atomic E-state index is 0.0724. The number of anilines is 1. The Kier molecular flexibility index (Phi) is 8.66. The first kappa shape index (κ1) is 25.9. The first-order valence-electron chi connectivity index (χ1n) is 9.66. The van der Waals surface area contributed by atoms with Crippen LogP contribution in [0, 0.1) is 0 Å². The Balaban J connectivity index is 2.20. The first-order valence-corrected chi connectivity index (χ1v) is 11.5. The molecule has 0 fully saturated rings. The fourth-order valence-electron chi connectivity index (χ4n) is 2.67. The molecule has 0 aliphatic carbocycles. The van der Waals surface area contributed by atoms with Crippen LogP contribution in [0.15, 0.2) is 47.4 Å². The lowest BCUT2D eigenvalue weighted by Crippen LogP contribution is -2.44. The summed E-state index contributed by atoms with van der Waals surface area (Å²) in [7, 11) is -1.35. The topological polar surface area (TPSA) is 131 Å². The second-order valence-corrected chi connectivity index (χ2v) is 9.41. The number of hydrogen-bond acceptors (Lipinski definition) is 7. The van der Waals surface area contributed by atoms with Gasteiger partial charge >= 0.3 is 12.0 Å². The van der Waals surface area contributed by atoms with Crippen molar-refractivity contribution in [1.29, 1.82) is 0 Å². The summed E-state index contributed by atoms with van der Waals surface area (Å²) < 4.78 is 37.4. The number of carbonyl (C=O) groups excluding carboxylic acids is 3. The molecule has 0 saturated heterocycles. The summed E-state index contributed by atoms with van der Waals surface area (Å²) in [6.07, 6.45) is 0. The molecule has 2 rings (SSSR count). The molecule has 12 heteroatoms. The van der Waals surface area contributed by atoms with Crippen LogP contribution in [0.3, 0.4) is 0 Å². The number of imide groups is 1. The van der Waals surface area contributed by atoms with Gasteiger partial charge in [-0.2, -0.15) is 0 Å². The van der Waals surface area contributed by atoms with Crippen molar-refractivity contribution in [2.24, 2.45) is 0 Å². The Hall–Kier alpha value is -3.31. The predicted molar refractivity (Wildman–Crippen MR) is 122 cm³/mol. The molecule has 10 nitrogen and oxygen atoms in total. The monoisotopic (exact) mass is 497 g/mol. The molecule has 2 N–H and O–H groups in total. The van der Waals surface area contributed by atoms with Gasteiger partial charge < -0.3 is 14.8 Å². The third-order valence-corrected chi connectivity index (χ3v) is 6.34. The molecule has 0 heterocycles. The molecule has 178 valence electrons. The van der Waals surface area contributed by atoms with Gasteiger partial charge in [0, 0.05) is 13.1 Å². The summed E-state index contributed by atoms with van der Waals surface area (Å²) in [6.45, 7) is 2.65. The molecule has 2 aromatic carbocycles. The van der Waals surface area contributed by atoms with Gasteiger partial charge in [0.15, 0.2) is 6.61 Å². The molecule has 3 amide bonds. The van der Waals surface area contributed by atoms with Gasteiger partial charge in [-0.25, -0.2) is 18.0 Å². The number of hydrogen-bond donors (Lipinski definition) is 2. The van der Waals surface area contributed by atoms with E-state index >= 15 is 0 Å². The van der Waals surface area contributed by atoms with Crippen molar-refractivity contribution in [3.63, 3.8) is 0 Å². The number of esters is 1. The van der Waals surface area contributed by atoms with E-state index in [-0.39, 0.29) is 27.2 Å². The van der Waals surface area contributed by atoms with Gasteiger partial charge in [-0.15, -0.1) is 0 Å². The molecule has 0 aliphatic rings. The van der Waals surface area contributed by atoms with Crippen LogP contribution in [-0.4, -0.2) is 53.1 Å². The Morgan fingerprint density at radius 1 is 1.12 bits per heavy atom. The Labute approximate surface area is 196 Å². The Morgan fingerprint density at radius 3 is 2.42 bits per heavy atom. The van der Waals surface area contributed by atoms with Crippen molar-refractivity contribution in [2.75, 3.05) is 25.1 Å². The van der Waals surface area contributed by atoms with Crippen molar-refractivity contribution in [2.45, 2.75) is 24.8 Å². The van der Waals surface area contributed by atoms with E-state index in [2.05, 4.69) is 5.32 Å². The number of carbonyl (C=O) groups is 3. The van der Waals surface area contributed by atoms with E-state index in [4.69, 9.17) is 21.1 Å². The lowest BCUT2D eigenvalue weighted by molar-refractivity contribution is -0.123. The molecular weight excluding hydrogens is 474 g/mol. The van der Waals surface area contributed by atoms with Crippen LogP contribution < -0.4 is 19.7 Å². The SMILES string of the molecule is COc1ccccc1N(C)S(=O)(=O)c1ccc(Cl)c(C(=O)OCC(=O)NC(=O)NC(C)C)c1. The van der Waals surface area contributed by atoms with Crippen molar-refractivity contribution < 1.29 is 32.3 Å². The highest BCUT2D eigenvalue weighted by molar-refractivity contribution is 7.92. The molecule has 0 aliphatic heterocycles. The third kappa shape index (κ3) is 6.59. The van der Waals surface area contributed by atoms with Crippen LogP contribution in [0.4, 0.5) is 10.5 Å². The van der Waals surface area contributed by atoms with Crippen molar-refractivity contribution >= 4 is 45.2 Å². The van der Waals surface area contributed by atoms with Gasteiger partial charge in [-0.3, -0.25) is 14.4 Å². The van der Waals surface area contributed by atoms with Crippen LogP contribution in [0.25, 0.3) is 0 Å². The molecule has 0 bridgehead atoms. The van der Waals surface area contributed by atoms with Crippen molar-refractivity contribution in [1.82, 2.24) is 10.6 Å². The van der Waals surface area contributed by atoms with Crippen LogP contribution in [0.1, 0.15) is 24.2 Å². The first-order chi connectivity index (χ1) is 15.5. The summed E-state index contributed by atoms with van der Waals surface area (Å²) in [4.78, 5) is 35.5. The smallest absolute Gasteiger partial charge is 0.340 e. The summed E-state index contributed by atoms with van der Waals surface area (Å²) in [6, 6.07) is 9.11. The van der Waals surface area contributed by atoms with E-state index in [9.17, 15) is 22.8 Å². The number of methoxy groups -OCH3 is 1. The minimum Gasteiger partial charge on any atom is -0.495 e. The number of para-hydroxylation sites is 2. The number of ether oxygens (including phenoxy) is 2. The van der Waals surface area contributed by atoms with Gasteiger partial charge in [0.05, 0.1) is 28.3 Å². The Bertz CT molecular complexity index is 1150. The van der Waals surface area contributed by atoms with Crippen LogP contribution in [-0.2, 0) is 19.6 Å². The van der Waals surface area contributed by atoms with E-state index in [1.165, 1.54) is 26.3 Å². The van der Waals surface area contributed by atoms with E-state index in [0.29, 0.717) is 5.75 Å². The predicted octanol–water partition coefficient (Wildman–Crippen LogP) is 2.56. The van der Waals surface area contributed by atoms with E-state index in [1.807, 2.05) is 5.32 Å². The van der Waals surface area contributed by atoms with Crippen molar-refractivity contribution in [3.05, 3.63) is 53.1 Å². The summed E-state index contributed by atoms with van der Waals surface area (Å²) in [5.41, 5.74) is 0.0287. The quantitative estimate of drug-likeness (QED) is 0.536. The van der Waals surface area contributed by atoms with E-state index in [0.717, 1.165) is 10.4 Å². The summed E-state index contributed by atoms with van der Waals surface area (Å²) in [5, 5.41) is 4.37. The van der Waals surface area contributed by atoms with Gasteiger partial charge in [0.2, 0.25) is 0 Å². The average Bonchev–Trinajstić information content (AvgIpc) is 2.76. The Morgan fingerprint density at radius 2 is 1.79 bits per heavy atom. The highest BCUT2D eigenvalue weighted by atomic mass is 35.5. The van der Waals surface area contributed by atoms with Crippen LogP contribution in [0.5, 0.6) is 5.75 Å². The molecule has 0 aromatic heterocycles. The number of sulfonamides is 1. The number of amides is 3. The maximum absolute atomic E-state index is 13.1. The average molecular weight is 498 g/mol. The van der Waals surface area contributed by atoms with E-state index < -0.39 is 34.5 Å². The molecule has 33 heavy (non-hydrogen) atoms. The van der Waals surface area contributed by atoms with Gasteiger partial charge in [-0.1, -0.05) is 23.7 Å². The van der Waals surface area contributed by atoms with Crippen molar-refractivity contribution in [3.8, 4) is 5.75 Å². The number of urea groups is 1. The molecule has 0 spiro atoms. The van der Waals surface area contributed by atoms with Gasteiger partial charge in [0.1, 0.15) is 5.75 Å². The molecule has 0 atom stereocenters. The normalized spacial score (nSPS) is 11.0. The maximum atomic E-state index is 13.1. The highest BCUT2D eigenvalue weighted by Gasteiger charge is 2.26. The second-order valence-electron chi connectivity index (χ2n) is 7.04. The zero-order chi connectivity index (χ0) is 24.8. The molecule has 0 saturated carbocycles. The second kappa shape index (κ2) is 11.0. The highest BCUT2D eigenvalue weighted by Crippen LogP contribution is 2.32. The molecule has 2 aromatic rings. The fraction of sp³-hybridized carbons (Fsp3) is 0.286. The number of benzene rings is 2. The lowest BCUT2D eigenvalue weighted by atomic mass is 10.2. The molecule has 0 radical (unpaired) electrons.